The predicted molar refractivity (Wildman–Crippen MR) is 67.1 cm³/mol. The monoisotopic (exact) mass is 258 g/mol. The number of hydrogen-bond donors (Lipinski definition) is 0. The molecule has 0 saturated heterocycles. The fourth-order valence-corrected chi connectivity index (χ4v) is 2.26. The third-order valence-electron chi connectivity index (χ3n) is 3.16. The van der Waals surface area contributed by atoms with Crippen LogP contribution in [0.5, 0.6) is 5.75 Å². The van der Waals surface area contributed by atoms with E-state index in [0.29, 0.717) is 18.1 Å². The molecule has 0 saturated carbocycles. The van der Waals surface area contributed by atoms with Crippen LogP contribution in [0.2, 0.25) is 0 Å². The lowest BCUT2D eigenvalue weighted by Gasteiger charge is -2.15. The van der Waals surface area contributed by atoms with Crippen molar-refractivity contribution in [2.75, 3.05) is 0 Å². The van der Waals surface area contributed by atoms with Crippen LogP contribution in [0, 0.1) is 6.92 Å². The summed E-state index contributed by atoms with van der Waals surface area (Å²) >= 11 is 0. The fraction of sp³-hybridized carbons (Fsp3) is 0.357. The van der Waals surface area contributed by atoms with Gasteiger partial charge in [0.1, 0.15) is 5.75 Å². The van der Waals surface area contributed by atoms with E-state index in [4.69, 9.17) is 9.26 Å². The van der Waals surface area contributed by atoms with Crippen LogP contribution in [0.1, 0.15) is 40.5 Å². The lowest BCUT2D eigenvalue weighted by atomic mass is 9.91. The number of hydrogen-bond acceptors (Lipinski definition) is 5. The SMILES string of the molecule is Cc1noc(COc2ccc3c(c2)CCCC3=O)n1. The molecular formula is C14H14N2O3. The van der Waals surface area contributed by atoms with E-state index in [1.807, 2.05) is 18.2 Å². The molecule has 0 amide bonds. The van der Waals surface area contributed by atoms with E-state index in [1.54, 1.807) is 6.92 Å². The lowest BCUT2D eigenvalue weighted by molar-refractivity contribution is 0.0972. The van der Waals surface area contributed by atoms with Gasteiger partial charge in [-0.2, -0.15) is 4.98 Å². The predicted octanol–water partition coefficient (Wildman–Crippen LogP) is 2.48. The first-order valence-electron chi connectivity index (χ1n) is 6.30. The highest BCUT2D eigenvalue weighted by molar-refractivity contribution is 5.98. The summed E-state index contributed by atoms with van der Waals surface area (Å²) in [5.74, 6) is 1.99. The minimum absolute atomic E-state index is 0.223. The fourth-order valence-electron chi connectivity index (χ4n) is 2.26. The van der Waals surface area contributed by atoms with E-state index in [2.05, 4.69) is 10.1 Å². The van der Waals surface area contributed by atoms with E-state index in [9.17, 15) is 4.79 Å². The number of carbonyl (C=O) groups excluding carboxylic acids is 1. The Balaban J connectivity index is 1.73. The van der Waals surface area contributed by atoms with Crippen LogP contribution in [0.4, 0.5) is 0 Å². The number of fused-ring (bicyclic) bond motifs is 1. The molecular weight excluding hydrogens is 244 g/mol. The van der Waals surface area contributed by atoms with Crippen LogP contribution in [-0.4, -0.2) is 15.9 Å². The number of nitrogens with zero attached hydrogens (tertiary/aromatic N) is 2. The standard InChI is InChI=1S/C14H14N2O3/c1-9-15-14(19-16-9)8-18-11-5-6-12-10(7-11)3-2-4-13(12)17/h5-7H,2-4,8H2,1H3. The van der Waals surface area contributed by atoms with Gasteiger partial charge in [-0.15, -0.1) is 0 Å². The third-order valence-corrected chi connectivity index (χ3v) is 3.16. The minimum atomic E-state index is 0.223. The van der Waals surface area contributed by atoms with Gasteiger partial charge < -0.3 is 9.26 Å². The van der Waals surface area contributed by atoms with E-state index in [-0.39, 0.29) is 12.4 Å². The molecule has 0 fully saturated rings. The second-order valence-electron chi connectivity index (χ2n) is 4.62. The molecule has 0 N–H and O–H groups in total. The zero-order valence-corrected chi connectivity index (χ0v) is 10.7. The zero-order chi connectivity index (χ0) is 13.2. The Kier molecular flexibility index (Phi) is 3.03. The summed E-state index contributed by atoms with van der Waals surface area (Å²) in [5.41, 5.74) is 1.89. The summed E-state index contributed by atoms with van der Waals surface area (Å²) in [4.78, 5) is 15.8. The van der Waals surface area contributed by atoms with Crippen molar-refractivity contribution in [3.63, 3.8) is 0 Å². The largest absolute Gasteiger partial charge is 0.484 e. The molecule has 0 bridgehead atoms. The molecule has 0 aliphatic heterocycles. The second-order valence-corrected chi connectivity index (χ2v) is 4.62. The molecule has 19 heavy (non-hydrogen) atoms. The maximum absolute atomic E-state index is 11.7. The maximum Gasteiger partial charge on any atom is 0.264 e. The van der Waals surface area contributed by atoms with Crippen LogP contribution in [-0.2, 0) is 13.0 Å². The Morgan fingerprint density at radius 2 is 2.26 bits per heavy atom. The summed E-state index contributed by atoms with van der Waals surface area (Å²) in [7, 11) is 0. The summed E-state index contributed by atoms with van der Waals surface area (Å²) in [6.07, 6.45) is 2.49. The number of Topliss-reactive ketones (excluding diaryl/α,β-unsaturated/α-hetero) is 1. The van der Waals surface area contributed by atoms with Crippen molar-refractivity contribution < 1.29 is 14.1 Å². The first-order valence-corrected chi connectivity index (χ1v) is 6.30. The van der Waals surface area contributed by atoms with E-state index in [0.717, 1.165) is 29.7 Å². The Bertz CT molecular complexity index is 619. The topological polar surface area (TPSA) is 65.2 Å². The molecule has 3 rings (SSSR count). The molecule has 1 heterocycles. The molecule has 2 aromatic rings. The summed E-state index contributed by atoms with van der Waals surface area (Å²) in [5, 5.41) is 3.70. The number of aromatic nitrogens is 2. The molecule has 5 heteroatoms. The zero-order valence-electron chi connectivity index (χ0n) is 10.7. The molecule has 1 aromatic carbocycles. The van der Waals surface area contributed by atoms with Gasteiger partial charge in [0, 0.05) is 12.0 Å². The Labute approximate surface area is 110 Å². The van der Waals surface area contributed by atoms with Gasteiger partial charge in [-0.3, -0.25) is 4.79 Å². The highest BCUT2D eigenvalue weighted by atomic mass is 16.5. The Morgan fingerprint density at radius 3 is 3.05 bits per heavy atom. The van der Waals surface area contributed by atoms with Crippen LogP contribution in [0.15, 0.2) is 22.7 Å². The van der Waals surface area contributed by atoms with Crippen molar-refractivity contribution in [3.05, 3.63) is 41.0 Å². The summed E-state index contributed by atoms with van der Waals surface area (Å²) in [6, 6.07) is 5.58. The first-order chi connectivity index (χ1) is 9.22. The van der Waals surface area contributed by atoms with Gasteiger partial charge >= 0.3 is 0 Å². The lowest BCUT2D eigenvalue weighted by Crippen LogP contribution is -2.10. The molecule has 0 spiro atoms. The number of benzene rings is 1. The van der Waals surface area contributed by atoms with Crippen molar-refractivity contribution in [1.82, 2.24) is 10.1 Å². The highest BCUT2D eigenvalue weighted by Gasteiger charge is 2.17. The minimum Gasteiger partial charge on any atom is -0.484 e. The van der Waals surface area contributed by atoms with Crippen molar-refractivity contribution in [3.8, 4) is 5.75 Å². The highest BCUT2D eigenvalue weighted by Crippen LogP contribution is 2.25. The Hall–Kier alpha value is -2.17. The number of rotatable bonds is 3. The molecule has 1 aliphatic rings. The molecule has 0 atom stereocenters. The van der Waals surface area contributed by atoms with Gasteiger partial charge in [-0.1, -0.05) is 5.16 Å². The van der Waals surface area contributed by atoms with Gasteiger partial charge in [0.05, 0.1) is 0 Å². The molecule has 1 aromatic heterocycles. The number of carbonyl (C=O) groups is 1. The van der Waals surface area contributed by atoms with Crippen LogP contribution in [0.25, 0.3) is 0 Å². The normalized spacial score (nSPS) is 14.3. The maximum atomic E-state index is 11.7. The van der Waals surface area contributed by atoms with Crippen molar-refractivity contribution >= 4 is 5.78 Å². The van der Waals surface area contributed by atoms with Crippen LogP contribution in [0.3, 0.4) is 0 Å². The number of aryl methyl sites for hydroxylation is 2. The van der Waals surface area contributed by atoms with E-state index < -0.39 is 0 Å². The second kappa shape index (κ2) is 4.84. The molecule has 0 radical (unpaired) electrons. The van der Waals surface area contributed by atoms with Gasteiger partial charge in [0.15, 0.2) is 18.2 Å². The number of ketones is 1. The summed E-state index contributed by atoms with van der Waals surface area (Å²) in [6.45, 7) is 2.01. The quantitative estimate of drug-likeness (QED) is 0.846. The molecule has 5 nitrogen and oxygen atoms in total. The van der Waals surface area contributed by atoms with E-state index >= 15 is 0 Å². The van der Waals surface area contributed by atoms with Crippen LogP contribution >= 0.6 is 0 Å². The summed E-state index contributed by atoms with van der Waals surface area (Å²) < 4.78 is 10.6. The first kappa shape index (κ1) is 11.9. The molecule has 0 unspecified atom stereocenters. The van der Waals surface area contributed by atoms with Crippen molar-refractivity contribution in [2.24, 2.45) is 0 Å². The van der Waals surface area contributed by atoms with Crippen molar-refractivity contribution in [1.29, 1.82) is 0 Å². The molecule has 98 valence electrons. The van der Waals surface area contributed by atoms with Gasteiger partial charge in [0.25, 0.3) is 5.89 Å². The Morgan fingerprint density at radius 1 is 1.37 bits per heavy atom. The third kappa shape index (κ3) is 2.50. The smallest absolute Gasteiger partial charge is 0.264 e. The van der Waals surface area contributed by atoms with Gasteiger partial charge in [0.2, 0.25) is 0 Å². The average molecular weight is 258 g/mol. The number of ether oxygens (including phenoxy) is 1. The van der Waals surface area contributed by atoms with Crippen LogP contribution < -0.4 is 4.74 Å². The van der Waals surface area contributed by atoms with Gasteiger partial charge in [-0.25, -0.2) is 0 Å². The van der Waals surface area contributed by atoms with E-state index in [1.165, 1.54) is 0 Å². The molecule has 1 aliphatic carbocycles. The van der Waals surface area contributed by atoms with Gasteiger partial charge in [-0.05, 0) is 43.5 Å². The average Bonchev–Trinajstić information content (AvgIpc) is 2.82. The van der Waals surface area contributed by atoms with Crippen molar-refractivity contribution in [2.45, 2.75) is 32.8 Å².